The summed E-state index contributed by atoms with van der Waals surface area (Å²) in [5.74, 6) is -1.49. The van der Waals surface area contributed by atoms with Crippen LogP contribution in [0.5, 0.6) is 0 Å². The highest BCUT2D eigenvalue weighted by Gasteiger charge is 2.50. The molecule has 0 spiro atoms. The van der Waals surface area contributed by atoms with Crippen LogP contribution >= 0.6 is 7.60 Å². The van der Waals surface area contributed by atoms with Crippen LogP contribution in [0.1, 0.15) is 6.92 Å². The lowest BCUT2D eigenvalue weighted by Crippen LogP contribution is -2.23. The van der Waals surface area contributed by atoms with E-state index >= 15 is 0 Å². The molecule has 1 heterocycles. The lowest BCUT2D eigenvalue weighted by molar-refractivity contribution is 0.0804. The molecule has 1 aliphatic heterocycles. The minimum Gasteiger partial charge on any atom is -0.394 e. The van der Waals surface area contributed by atoms with Crippen LogP contribution in [0, 0.1) is 5.92 Å². The van der Waals surface area contributed by atoms with E-state index in [2.05, 4.69) is 4.52 Å². The van der Waals surface area contributed by atoms with Crippen molar-refractivity contribution in [1.82, 2.24) is 0 Å². The molecule has 2 N–H and O–H groups in total. The third kappa shape index (κ3) is 1.43. The molecule has 0 radical (unpaired) electrons. The van der Waals surface area contributed by atoms with E-state index in [9.17, 15) is 9.67 Å². The van der Waals surface area contributed by atoms with Gasteiger partial charge in [0.15, 0.2) is 5.85 Å². The van der Waals surface area contributed by atoms with Crippen molar-refractivity contribution >= 4 is 7.60 Å². The molecule has 5 nitrogen and oxygen atoms in total. The summed E-state index contributed by atoms with van der Waals surface area (Å²) in [6.07, 6.45) is -0.592. The maximum Gasteiger partial charge on any atom is 0.359 e. The molecule has 0 bridgehead atoms. The molecule has 1 saturated heterocycles. The van der Waals surface area contributed by atoms with Gasteiger partial charge >= 0.3 is 7.60 Å². The van der Waals surface area contributed by atoms with Gasteiger partial charge < -0.3 is 19.3 Å². The second-order valence-electron chi connectivity index (χ2n) is 2.82. The first kappa shape index (κ1) is 10.2. The third-order valence-electron chi connectivity index (χ3n) is 2.10. The highest BCUT2D eigenvalue weighted by Crippen LogP contribution is 2.60. The normalized spacial score (nSPS) is 48.2. The lowest BCUT2D eigenvalue weighted by atomic mass is 10.1. The summed E-state index contributed by atoms with van der Waals surface area (Å²) >= 11 is 0. The minimum absolute atomic E-state index is 0.258. The molecule has 4 atom stereocenters. The zero-order valence-electron chi connectivity index (χ0n) is 7.01. The SMILES string of the molecule is CO[P@]1(=O)O[C@@H](CO)[C@@H](C)[C@@H]1O. The molecule has 0 aromatic carbocycles. The van der Waals surface area contributed by atoms with Crippen LogP contribution in [-0.4, -0.2) is 35.9 Å². The summed E-state index contributed by atoms with van der Waals surface area (Å²) in [5.41, 5.74) is 0. The van der Waals surface area contributed by atoms with Crippen molar-refractivity contribution in [2.45, 2.75) is 18.9 Å². The van der Waals surface area contributed by atoms with Gasteiger partial charge in [0.25, 0.3) is 0 Å². The summed E-state index contributed by atoms with van der Waals surface area (Å²) in [4.78, 5) is 0. The predicted molar refractivity (Wildman–Crippen MR) is 41.7 cm³/mol. The van der Waals surface area contributed by atoms with Crippen LogP contribution in [0.4, 0.5) is 0 Å². The monoisotopic (exact) mass is 196 g/mol. The first-order valence-corrected chi connectivity index (χ1v) is 5.29. The zero-order chi connectivity index (χ0) is 9.35. The van der Waals surface area contributed by atoms with Gasteiger partial charge in [-0.25, -0.2) is 0 Å². The molecule has 1 rings (SSSR count). The number of rotatable bonds is 2. The molecular weight excluding hydrogens is 183 g/mol. The molecule has 0 aromatic rings. The van der Waals surface area contributed by atoms with E-state index in [1.54, 1.807) is 6.92 Å². The second kappa shape index (κ2) is 3.44. The summed E-state index contributed by atoms with van der Waals surface area (Å²) in [6, 6.07) is 0. The Hall–Kier alpha value is 0.0700. The Kier molecular flexibility index (Phi) is 2.91. The maximum absolute atomic E-state index is 11.5. The maximum atomic E-state index is 11.5. The number of aliphatic hydroxyl groups is 2. The largest absolute Gasteiger partial charge is 0.394 e. The van der Waals surface area contributed by atoms with Gasteiger partial charge in [-0.15, -0.1) is 0 Å². The molecule has 0 aromatic heterocycles. The number of hydrogen-bond acceptors (Lipinski definition) is 5. The third-order valence-corrected chi connectivity index (χ3v) is 4.29. The Morgan fingerprint density at radius 3 is 2.50 bits per heavy atom. The Morgan fingerprint density at radius 1 is 1.67 bits per heavy atom. The fourth-order valence-electron chi connectivity index (χ4n) is 1.18. The highest BCUT2D eigenvalue weighted by atomic mass is 31.2. The van der Waals surface area contributed by atoms with Crippen LogP contribution in [0.15, 0.2) is 0 Å². The molecule has 12 heavy (non-hydrogen) atoms. The van der Waals surface area contributed by atoms with Crippen molar-refractivity contribution in [3.63, 3.8) is 0 Å². The first-order chi connectivity index (χ1) is 5.55. The Morgan fingerprint density at radius 2 is 2.25 bits per heavy atom. The van der Waals surface area contributed by atoms with Gasteiger partial charge in [-0.2, -0.15) is 0 Å². The fourth-order valence-corrected chi connectivity index (χ4v) is 3.01. The Bertz CT molecular complexity index is 206. The van der Waals surface area contributed by atoms with Crippen molar-refractivity contribution in [3.05, 3.63) is 0 Å². The molecule has 6 heteroatoms. The van der Waals surface area contributed by atoms with Crippen LogP contribution in [0.3, 0.4) is 0 Å². The van der Waals surface area contributed by atoms with E-state index in [1.807, 2.05) is 0 Å². The van der Waals surface area contributed by atoms with Crippen molar-refractivity contribution in [1.29, 1.82) is 0 Å². The van der Waals surface area contributed by atoms with E-state index in [4.69, 9.17) is 9.63 Å². The first-order valence-electron chi connectivity index (χ1n) is 3.68. The Labute approximate surface area is 70.8 Å². The number of aliphatic hydroxyl groups excluding tert-OH is 2. The van der Waals surface area contributed by atoms with Gasteiger partial charge in [-0.3, -0.25) is 4.57 Å². The second-order valence-corrected chi connectivity index (χ2v) is 5.01. The molecule has 72 valence electrons. The quantitative estimate of drug-likeness (QED) is 0.616. The van der Waals surface area contributed by atoms with Crippen LogP contribution in [-0.2, 0) is 13.6 Å². The minimum atomic E-state index is -3.38. The van der Waals surface area contributed by atoms with Crippen molar-refractivity contribution in [2.75, 3.05) is 13.7 Å². The van der Waals surface area contributed by atoms with Gasteiger partial charge in [-0.1, -0.05) is 6.92 Å². The molecule has 1 fully saturated rings. The lowest BCUT2D eigenvalue weighted by Gasteiger charge is -2.12. The van der Waals surface area contributed by atoms with Gasteiger partial charge in [0, 0.05) is 13.0 Å². The van der Waals surface area contributed by atoms with E-state index in [-0.39, 0.29) is 12.5 Å². The van der Waals surface area contributed by atoms with E-state index in [0.29, 0.717) is 0 Å². The summed E-state index contributed by atoms with van der Waals surface area (Å²) in [5, 5.41) is 18.2. The average Bonchev–Trinajstić information content (AvgIpc) is 2.31. The van der Waals surface area contributed by atoms with Crippen LogP contribution in [0.25, 0.3) is 0 Å². The molecule has 0 amide bonds. The highest BCUT2D eigenvalue weighted by molar-refractivity contribution is 7.54. The fraction of sp³-hybridized carbons (Fsp3) is 1.00. The predicted octanol–water partition coefficient (Wildman–Crippen LogP) is 0.171. The van der Waals surface area contributed by atoms with Crippen LogP contribution < -0.4 is 0 Å². The van der Waals surface area contributed by atoms with Gasteiger partial charge in [-0.05, 0) is 0 Å². The van der Waals surface area contributed by atoms with Crippen molar-refractivity contribution in [2.24, 2.45) is 5.92 Å². The molecule has 1 aliphatic rings. The summed E-state index contributed by atoms with van der Waals surface area (Å²) in [7, 11) is -2.16. The topological polar surface area (TPSA) is 76.0 Å². The van der Waals surface area contributed by atoms with E-state index in [0.717, 1.165) is 0 Å². The van der Waals surface area contributed by atoms with Crippen LogP contribution in [0.2, 0.25) is 0 Å². The summed E-state index contributed by atoms with van der Waals surface area (Å²) in [6.45, 7) is 1.40. The Balaban J connectivity index is 2.80. The van der Waals surface area contributed by atoms with Crippen molar-refractivity contribution < 1.29 is 23.8 Å². The smallest absolute Gasteiger partial charge is 0.359 e. The molecule has 0 saturated carbocycles. The average molecular weight is 196 g/mol. The molecular formula is C6H13O5P. The van der Waals surface area contributed by atoms with Gasteiger partial charge in [0.05, 0.1) is 12.7 Å². The van der Waals surface area contributed by atoms with E-state index in [1.165, 1.54) is 7.11 Å². The number of hydrogen-bond donors (Lipinski definition) is 2. The van der Waals surface area contributed by atoms with Gasteiger partial charge in [0.2, 0.25) is 0 Å². The van der Waals surface area contributed by atoms with E-state index < -0.39 is 19.5 Å². The molecule has 0 aliphatic carbocycles. The van der Waals surface area contributed by atoms with Crippen molar-refractivity contribution in [3.8, 4) is 0 Å². The zero-order valence-corrected chi connectivity index (χ0v) is 7.90. The standard InChI is InChI=1S/C6H13O5P/c1-4-5(3-7)11-12(9,10-2)6(4)8/h4-8H,3H2,1-2H3/t4-,5+,6-,12+/m1/s1. The summed E-state index contributed by atoms with van der Waals surface area (Å²) < 4.78 is 21.0. The van der Waals surface area contributed by atoms with Gasteiger partial charge in [0.1, 0.15) is 0 Å². The molecule has 0 unspecified atom stereocenters.